The Hall–Kier alpha value is -2.90. The highest BCUT2D eigenvalue weighted by Crippen LogP contribution is 2.41. The van der Waals surface area contributed by atoms with Gasteiger partial charge in [-0.15, -0.1) is 4.91 Å². The SMILES string of the molecule is COC(=O)c1ccc(C(=CC(c2cc(Cl)cc(Cl)c2)C(F)(F)F)N=O)c2ccccc12. The molecule has 31 heavy (non-hydrogen) atoms. The van der Waals surface area contributed by atoms with Crippen molar-refractivity contribution in [1.82, 2.24) is 0 Å². The molecule has 9 heteroatoms. The quantitative estimate of drug-likeness (QED) is 0.290. The van der Waals surface area contributed by atoms with Gasteiger partial charge in [-0.3, -0.25) is 0 Å². The van der Waals surface area contributed by atoms with Crippen LogP contribution in [0.4, 0.5) is 13.2 Å². The molecule has 1 unspecified atom stereocenters. The van der Waals surface area contributed by atoms with E-state index in [1.807, 2.05) is 0 Å². The zero-order chi connectivity index (χ0) is 22.8. The molecule has 0 aliphatic carbocycles. The third-order valence-corrected chi connectivity index (χ3v) is 5.06. The molecule has 0 aliphatic heterocycles. The van der Waals surface area contributed by atoms with Crippen LogP contribution in [0.5, 0.6) is 0 Å². The number of ether oxygens (including phenoxy) is 1. The smallest absolute Gasteiger partial charge is 0.399 e. The fraction of sp³-hybridized carbons (Fsp3) is 0.136. The minimum absolute atomic E-state index is 0.0265. The summed E-state index contributed by atoms with van der Waals surface area (Å²) >= 11 is 11.7. The third-order valence-electron chi connectivity index (χ3n) is 4.62. The highest BCUT2D eigenvalue weighted by Gasteiger charge is 2.40. The highest BCUT2D eigenvalue weighted by molar-refractivity contribution is 6.34. The molecular weight excluding hydrogens is 454 g/mol. The highest BCUT2D eigenvalue weighted by atomic mass is 35.5. The van der Waals surface area contributed by atoms with Gasteiger partial charge in [0.2, 0.25) is 0 Å². The summed E-state index contributed by atoms with van der Waals surface area (Å²) in [5, 5.41) is 3.70. The second-order valence-corrected chi connectivity index (χ2v) is 7.44. The second kappa shape index (κ2) is 9.08. The van der Waals surface area contributed by atoms with Gasteiger partial charge in [-0.2, -0.15) is 13.2 Å². The first-order chi connectivity index (χ1) is 14.7. The van der Waals surface area contributed by atoms with Crippen LogP contribution in [-0.4, -0.2) is 19.3 Å². The molecule has 0 aromatic heterocycles. The summed E-state index contributed by atoms with van der Waals surface area (Å²) in [6.45, 7) is 0. The first-order valence-electron chi connectivity index (χ1n) is 8.84. The van der Waals surface area contributed by atoms with E-state index in [1.54, 1.807) is 24.3 Å². The summed E-state index contributed by atoms with van der Waals surface area (Å²) in [7, 11) is 1.22. The predicted molar refractivity (Wildman–Crippen MR) is 114 cm³/mol. The number of hydrogen-bond donors (Lipinski definition) is 0. The molecule has 0 radical (unpaired) electrons. The first kappa shape index (κ1) is 22.8. The minimum Gasteiger partial charge on any atom is -0.465 e. The van der Waals surface area contributed by atoms with Crippen LogP contribution in [0.15, 0.2) is 65.9 Å². The monoisotopic (exact) mass is 467 g/mol. The van der Waals surface area contributed by atoms with Crippen LogP contribution >= 0.6 is 23.2 Å². The standard InChI is InChI=1S/C22H14Cl2F3NO3/c1-31-21(29)18-7-6-17(15-4-2-3-5-16(15)18)20(28-30)11-19(22(25,26)27)12-8-13(23)10-14(24)9-12/h2-11,19H,1H3. The molecule has 0 amide bonds. The number of fused-ring (bicyclic) bond motifs is 1. The normalized spacial score (nSPS) is 13.2. The van der Waals surface area contributed by atoms with Gasteiger partial charge in [-0.25, -0.2) is 4.79 Å². The van der Waals surface area contributed by atoms with E-state index in [-0.39, 0.29) is 26.7 Å². The molecule has 4 nitrogen and oxygen atoms in total. The van der Waals surface area contributed by atoms with Gasteiger partial charge in [0.15, 0.2) is 0 Å². The summed E-state index contributed by atoms with van der Waals surface area (Å²) in [6.07, 6.45) is -4.03. The summed E-state index contributed by atoms with van der Waals surface area (Å²) in [6, 6.07) is 12.8. The molecule has 0 heterocycles. The number of nitroso groups, excluding NO2 is 1. The number of halogens is 5. The number of carbonyl (C=O) groups is 1. The maximum absolute atomic E-state index is 13.9. The van der Waals surface area contributed by atoms with Crippen molar-refractivity contribution >= 4 is 45.6 Å². The molecular formula is C22H14Cl2F3NO3. The zero-order valence-electron chi connectivity index (χ0n) is 15.9. The molecule has 0 saturated carbocycles. The Labute approximate surface area is 185 Å². The summed E-state index contributed by atoms with van der Waals surface area (Å²) in [5.41, 5.74) is -0.325. The Kier molecular flexibility index (Phi) is 6.67. The Bertz CT molecular complexity index is 1170. The molecule has 160 valence electrons. The van der Waals surface area contributed by atoms with Gasteiger partial charge in [0.1, 0.15) is 11.6 Å². The van der Waals surface area contributed by atoms with Crippen molar-refractivity contribution in [3.63, 3.8) is 0 Å². The average Bonchev–Trinajstić information content (AvgIpc) is 2.72. The Morgan fingerprint density at radius 2 is 1.55 bits per heavy atom. The lowest BCUT2D eigenvalue weighted by Gasteiger charge is -2.19. The molecule has 1 atom stereocenters. The largest absolute Gasteiger partial charge is 0.465 e. The van der Waals surface area contributed by atoms with Gasteiger partial charge in [-0.1, -0.05) is 53.5 Å². The van der Waals surface area contributed by atoms with Gasteiger partial charge in [0, 0.05) is 15.6 Å². The fourth-order valence-electron chi connectivity index (χ4n) is 3.27. The van der Waals surface area contributed by atoms with Crippen LogP contribution in [0.3, 0.4) is 0 Å². The number of nitrogens with zero attached hydrogens (tertiary/aromatic N) is 1. The topological polar surface area (TPSA) is 55.7 Å². The van der Waals surface area contributed by atoms with Gasteiger partial charge < -0.3 is 4.74 Å². The van der Waals surface area contributed by atoms with Crippen LogP contribution in [0.2, 0.25) is 10.0 Å². The van der Waals surface area contributed by atoms with E-state index in [0.29, 0.717) is 16.8 Å². The van der Waals surface area contributed by atoms with Crippen molar-refractivity contribution in [2.24, 2.45) is 5.18 Å². The predicted octanol–water partition coefficient (Wildman–Crippen LogP) is 7.39. The van der Waals surface area contributed by atoms with Crippen molar-refractivity contribution < 1.29 is 22.7 Å². The lowest BCUT2D eigenvalue weighted by molar-refractivity contribution is -0.139. The number of hydrogen-bond acceptors (Lipinski definition) is 4. The van der Waals surface area contributed by atoms with E-state index >= 15 is 0 Å². The molecule has 3 aromatic rings. The molecule has 0 aliphatic rings. The molecule has 0 spiro atoms. The van der Waals surface area contributed by atoms with Crippen LogP contribution < -0.4 is 0 Å². The molecule has 0 bridgehead atoms. The van der Waals surface area contributed by atoms with Crippen LogP contribution in [0.25, 0.3) is 16.5 Å². The summed E-state index contributed by atoms with van der Waals surface area (Å²) in [4.78, 5) is 23.7. The van der Waals surface area contributed by atoms with Gasteiger partial charge in [-0.05, 0) is 51.9 Å². The molecule has 3 aromatic carbocycles. The lowest BCUT2D eigenvalue weighted by Crippen LogP contribution is -2.19. The number of rotatable bonds is 5. The van der Waals surface area contributed by atoms with E-state index in [1.165, 1.54) is 25.3 Å². The van der Waals surface area contributed by atoms with Gasteiger partial charge >= 0.3 is 12.1 Å². The maximum atomic E-state index is 13.9. The third kappa shape index (κ3) is 4.89. The Morgan fingerprint density at radius 1 is 1.00 bits per heavy atom. The zero-order valence-corrected chi connectivity index (χ0v) is 17.4. The van der Waals surface area contributed by atoms with E-state index < -0.39 is 23.8 Å². The molecule has 3 rings (SSSR count). The average molecular weight is 468 g/mol. The van der Waals surface area contributed by atoms with Crippen molar-refractivity contribution in [2.75, 3.05) is 7.11 Å². The number of benzene rings is 3. The van der Waals surface area contributed by atoms with E-state index in [4.69, 9.17) is 27.9 Å². The second-order valence-electron chi connectivity index (χ2n) is 6.56. The number of alkyl halides is 3. The Balaban J connectivity index is 2.23. The summed E-state index contributed by atoms with van der Waals surface area (Å²) < 4.78 is 46.4. The fourth-order valence-corrected chi connectivity index (χ4v) is 3.81. The Morgan fingerprint density at radius 3 is 2.06 bits per heavy atom. The first-order valence-corrected chi connectivity index (χ1v) is 9.59. The molecule has 0 N–H and O–H groups in total. The molecule has 0 saturated heterocycles. The van der Waals surface area contributed by atoms with Crippen molar-refractivity contribution in [2.45, 2.75) is 12.1 Å². The van der Waals surface area contributed by atoms with Crippen LogP contribution in [0.1, 0.15) is 27.4 Å². The summed E-state index contributed by atoms with van der Waals surface area (Å²) in [5.74, 6) is -2.80. The van der Waals surface area contributed by atoms with Crippen molar-refractivity contribution in [3.05, 3.63) is 92.3 Å². The number of methoxy groups -OCH3 is 1. The minimum atomic E-state index is -4.74. The van der Waals surface area contributed by atoms with Gasteiger partial charge in [0.05, 0.1) is 12.7 Å². The van der Waals surface area contributed by atoms with Gasteiger partial charge in [0.25, 0.3) is 0 Å². The molecule has 0 fully saturated rings. The number of allylic oxidation sites excluding steroid dienone is 1. The van der Waals surface area contributed by atoms with Crippen molar-refractivity contribution in [3.8, 4) is 0 Å². The van der Waals surface area contributed by atoms with E-state index in [0.717, 1.165) is 12.1 Å². The van der Waals surface area contributed by atoms with E-state index in [9.17, 15) is 22.9 Å². The maximum Gasteiger partial charge on any atom is 0.399 e. The van der Waals surface area contributed by atoms with Crippen LogP contribution in [-0.2, 0) is 4.74 Å². The van der Waals surface area contributed by atoms with Crippen molar-refractivity contribution in [1.29, 1.82) is 0 Å². The lowest BCUT2D eigenvalue weighted by atomic mass is 9.93. The number of carbonyl (C=O) groups excluding carboxylic acids is 1. The number of esters is 1. The van der Waals surface area contributed by atoms with E-state index in [2.05, 4.69) is 5.18 Å². The van der Waals surface area contributed by atoms with Crippen LogP contribution in [0, 0.1) is 4.91 Å².